The lowest BCUT2D eigenvalue weighted by Gasteiger charge is -2.15. The normalized spacial score (nSPS) is 15.9. The molecule has 1 aliphatic heterocycles. The number of carbonyl (C=O) groups is 3. The molecule has 162 valence electrons. The van der Waals surface area contributed by atoms with E-state index in [0.29, 0.717) is 12.5 Å². The number of benzene rings is 1. The quantitative estimate of drug-likeness (QED) is 0.238. The molecule has 1 unspecified atom stereocenters. The fourth-order valence-corrected chi connectivity index (χ4v) is 3.24. The van der Waals surface area contributed by atoms with Gasteiger partial charge in [-0.05, 0) is 36.0 Å². The second-order valence-electron chi connectivity index (χ2n) is 7.53. The SMILES string of the molecule is C=CCc1ccc(C=C2NC(=O)N(CCC(=O)OCC(CC)CCCC)C2=O)cc1. The van der Waals surface area contributed by atoms with Gasteiger partial charge in [0.15, 0.2) is 0 Å². The van der Waals surface area contributed by atoms with Crippen molar-refractivity contribution >= 4 is 24.0 Å². The maximum Gasteiger partial charge on any atom is 0.329 e. The van der Waals surface area contributed by atoms with Gasteiger partial charge in [-0.1, -0.05) is 63.5 Å². The topological polar surface area (TPSA) is 75.7 Å². The summed E-state index contributed by atoms with van der Waals surface area (Å²) in [5.41, 5.74) is 2.13. The smallest absolute Gasteiger partial charge is 0.329 e. The first-order valence-corrected chi connectivity index (χ1v) is 10.7. The van der Waals surface area contributed by atoms with Crippen molar-refractivity contribution in [3.63, 3.8) is 0 Å². The van der Waals surface area contributed by atoms with Crippen molar-refractivity contribution in [3.05, 3.63) is 53.7 Å². The van der Waals surface area contributed by atoms with E-state index in [2.05, 4.69) is 25.7 Å². The number of allylic oxidation sites excluding steroid dienone is 1. The molecule has 0 radical (unpaired) electrons. The Morgan fingerprint density at radius 2 is 1.97 bits per heavy atom. The Bertz CT molecular complexity index is 783. The summed E-state index contributed by atoms with van der Waals surface area (Å²) in [6.07, 6.45) is 8.45. The van der Waals surface area contributed by atoms with Crippen molar-refractivity contribution in [1.29, 1.82) is 0 Å². The summed E-state index contributed by atoms with van der Waals surface area (Å²) >= 11 is 0. The fourth-order valence-electron chi connectivity index (χ4n) is 3.24. The summed E-state index contributed by atoms with van der Waals surface area (Å²) in [4.78, 5) is 37.8. The van der Waals surface area contributed by atoms with Crippen molar-refractivity contribution < 1.29 is 19.1 Å². The van der Waals surface area contributed by atoms with E-state index in [0.717, 1.165) is 48.1 Å². The standard InChI is InChI=1S/C24H32N2O4/c1-4-7-9-18(6-3)17-30-22(27)14-15-26-23(28)21(25-24(26)29)16-20-12-10-19(8-5-2)11-13-20/h5,10-13,16,18H,2,4,6-9,14-15,17H2,1,3H3,(H,25,29). The highest BCUT2D eigenvalue weighted by Gasteiger charge is 2.33. The molecule has 1 aromatic carbocycles. The number of imide groups is 1. The van der Waals surface area contributed by atoms with Gasteiger partial charge in [0.05, 0.1) is 13.0 Å². The summed E-state index contributed by atoms with van der Waals surface area (Å²) in [5.74, 6) is -0.462. The van der Waals surface area contributed by atoms with Gasteiger partial charge in [-0.15, -0.1) is 6.58 Å². The second kappa shape index (κ2) is 12.0. The van der Waals surface area contributed by atoms with E-state index in [4.69, 9.17) is 4.74 Å². The van der Waals surface area contributed by atoms with Crippen LogP contribution in [0, 0.1) is 5.92 Å². The maximum atomic E-state index is 12.5. The molecular weight excluding hydrogens is 380 g/mol. The van der Waals surface area contributed by atoms with Crippen molar-refractivity contribution in [2.45, 2.75) is 52.4 Å². The Morgan fingerprint density at radius 1 is 1.23 bits per heavy atom. The average molecular weight is 413 g/mol. The number of rotatable bonds is 12. The van der Waals surface area contributed by atoms with Gasteiger partial charge in [0.25, 0.3) is 5.91 Å². The van der Waals surface area contributed by atoms with E-state index in [1.54, 1.807) is 6.08 Å². The lowest BCUT2D eigenvalue weighted by molar-refractivity contribution is -0.145. The van der Waals surface area contributed by atoms with Crippen LogP contribution in [0.15, 0.2) is 42.6 Å². The molecule has 0 saturated carbocycles. The molecule has 30 heavy (non-hydrogen) atoms. The third kappa shape index (κ3) is 6.87. The van der Waals surface area contributed by atoms with Gasteiger partial charge in [-0.3, -0.25) is 14.5 Å². The molecule has 1 aliphatic rings. The fraction of sp³-hybridized carbons (Fsp3) is 0.458. The van der Waals surface area contributed by atoms with Crippen LogP contribution in [-0.2, 0) is 20.7 Å². The zero-order chi connectivity index (χ0) is 21.9. The number of hydrogen-bond acceptors (Lipinski definition) is 4. The highest BCUT2D eigenvalue weighted by atomic mass is 16.5. The number of nitrogens with one attached hydrogen (secondary N) is 1. The number of ether oxygens (including phenoxy) is 1. The van der Waals surface area contributed by atoms with E-state index in [1.165, 1.54) is 0 Å². The molecular formula is C24H32N2O4. The molecule has 1 atom stereocenters. The van der Waals surface area contributed by atoms with Gasteiger partial charge in [0, 0.05) is 6.54 Å². The lowest BCUT2D eigenvalue weighted by atomic mass is 10.0. The van der Waals surface area contributed by atoms with Gasteiger partial charge in [0.2, 0.25) is 0 Å². The van der Waals surface area contributed by atoms with Crippen LogP contribution in [0.1, 0.15) is 57.1 Å². The summed E-state index contributed by atoms with van der Waals surface area (Å²) < 4.78 is 5.35. The van der Waals surface area contributed by atoms with Crippen LogP contribution in [0.5, 0.6) is 0 Å². The monoisotopic (exact) mass is 412 g/mol. The zero-order valence-corrected chi connectivity index (χ0v) is 18.0. The van der Waals surface area contributed by atoms with Crippen molar-refractivity contribution in [2.24, 2.45) is 5.92 Å². The molecule has 2 rings (SSSR count). The largest absolute Gasteiger partial charge is 0.465 e. The maximum absolute atomic E-state index is 12.5. The Morgan fingerprint density at radius 3 is 2.60 bits per heavy atom. The molecule has 1 heterocycles. The van der Waals surface area contributed by atoms with Crippen LogP contribution >= 0.6 is 0 Å². The predicted molar refractivity (Wildman–Crippen MR) is 117 cm³/mol. The molecule has 1 fully saturated rings. The highest BCUT2D eigenvalue weighted by Crippen LogP contribution is 2.16. The van der Waals surface area contributed by atoms with Crippen LogP contribution in [0.4, 0.5) is 4.79 Å². The molecule has 0 aromatic heterocycles. The summed E-state index contributed by atoms with van der Waals surface area (Å²) in [7, 11) is 0. The van der Waals surface area contributed by atoms with Crippen LogP contribution < -0.4 is 5.32 Å². The van der Waals surface area contributed by atoms with Crippen molar-refractivity contribution in [1.82, 2.24) is 10.2 Å². The van der Waals surface area contributed by atoms with Gasteiger partial charge < -0.3 is 10.1 Å². The summed E-state index contributed by atoms with van der Waals surface area (Å²) in [6, 6.07) is 7.15. The number of unbranched alkanes of at least 4 members (excludes halogenated alkanes) is 1. The lowest BCUT2D eigenvalue weighted by Crippen LogP contribution is -2.33. The van der Waals surface area contributed by atoms with Crippen LogP contribution in [0.25, 0.3) is 6.08 Å². The molecule has 1 saturated heterocycles. The van der Waals surface area contributed by atoms with Crippen LogP contribution in [0.3, 0.4) is 0 Å². The van der Waals surface area contributed by atoms with E-state index in [-0.39, 0.29) is 24.6 Å². The van der Waals surface area contributed by atoms with E-state index in [1.807, 2.05) is 30.3 Å². The van der Waals surface area contributed by atoms with Crippen molar-refractivity contribution in [3.8, 4) is 0 Å². The Balaban J connectivity index is 1.87. The van der Waals surface area contributed by atoms with Gasteiger partial charge in [-0.25, -0.2) is 4.79 Å². The van der Waals surface area contributed by atoms with Gasteiger partial charge in [-0.2, -0.15) is 0 Å². The van der Waals surface area contributed by atoms with E-state index >= 15 is 0 Å². The number of amides is 3. The second-order valence-corrected chi connectivity index (χ2v) is 7.53. The first kappa shape index (κ1) is 23.4. The predicted octanol–water partition coefficient (Wildman–Crippen LogP) is 4.46. The molecule has 1 N–H and O–H groups in total. The minimum Gasteiger partial charge on any atom is -0.465 e. The van der Waals surface area contributed by atoms with Gasteiger partial charge in [0.1, 0.15) is 5.70 Å². The molecule has 6 nitrogen and oxygen atoms in total. The van der Waals surface area contributed by atoms with E-state index in [9.17, 15) is 14.4 Å². The summed E-state index contributed by atoms with van der Waals surface area (Å²) in [5, 5.41) is 2.58. The third-order valence-corrected chi connectivity index (χ3v) is 5.20. The van der Waals surface area contributed by atoms with Crippen LogP contribution in [-0.4, -0.2) is 36.0 Å². The summed E-state index contributed by atoms with van der Waals surface area (Å²) in [6.45, 7) is 8.33. The molecule has 0 bridgehead atoms. The molecule has 1 aromatic rings. The highest BCUT2D eigenvalue weighted by molar-refractivity contribution is 6.14. The van der Waals surface area contributed by atoms with E-state index < -0.39 is 11.9 Å². The minimum atomic E-state index is -0.517. The number of urea groups is 1. The molecule has 3 amide bonds. The first-order valence-electron chi connectivity index (χ1n) is 10.7. The molecule has 0 spiro atoms. The van der Waals surface area contributed by atoms with Gasteiger partial charge >= 0.3 is 12.0 Å². The third-order valence-electron chi connectivity index (χ3n) is 5.20. The minimum absolute atomic E-state index is 0.00483. The first-order chi connectivity index (χ1) is 14.5. The Kier molecular flexibility index (Phi) is 9.32. The number of carbonyl (C=O) groups excluding carboxylic acids is 3. The number of hydrogen-bond donors (Lipinski definition) is 1. The Hall–Kier alpha value is -2.89. The molecule has 6 heteroatoms. The number of nitrogens with zero attached hydrogens (tertiary/aromatic N) is 1. The molecule has 0 aliphatic carbocycles. The van der Waals surface area contributed by atoms with Crippen LogP contribution in [0.2, 0.25) is 0 Å². The Labute approximate surface area is 179 Å². The zero-order valence-electron chi connectivity index (χ0n) is 18.0. The number of esters is 1. The average Bonchev–Trinajstić information content (AvgIpc) is 3.00. The van der Waals surface area contributed by atoms with Crippen molar-refractivity contribution in [2.75, 3.05) is 13.2 Å².